The van der Waals surface area contributed by atoms with Gasteiger partial charge in [-0.2, -0.15) is 9.29 Å². The number of aromatic nitrogens is 2. The zero-order valence-corrected chi connectivity index (χ0v) is 17.2. The first-order valence-corrected chi connectivity index (χ1v) is 11.6. The third kappa shape index (κ3) is 4.39. The van der Waals surface area contributed by atoms with E-state index in [0.717, 1.165) is 5.56 Å². The second-order valence-electron chi connectivity index (χ2n) is 6.73. The Labute approximate surface area is 172 Å². The van der Waals surface area contributed by atoms with Gasteiger partial charge < -0.3 is 9.84 Å². The van der Waals surface area contributed by atoms with Crippen LogP contribution in [0.25, 0.3) is 11.4 Å². The predicted octanol–water partition coefficient (Wildman–Crippen LogP) is 2.52. The lowest BCUT2D eigenvalue weighted by atomic mass is 9.99. The average Bonchev–Trinajstić information content (AvgIpc) is 3.45. The summed E-state index contributed by atoms with van der Waals surface area (Å²) in [7, 11) is -3.55. The molecule has 1 amide bonds. The largest absolute Gasteiger partial charge is 0.347 e. The Hall–Kier alpha value is -2.56. The molecular weight excluding hydrogens is 412 g/mol. The van der Waals surface area contributed by atoms with Gasteiger partial charge in [-0.15, -0.1) is 11.3 Å². The molecule has 1 fully saturated rings. The molecule has 1 aliphatic rings. The number of nitrogens with one attached hydrogen (secondary N) is 1. The third-order valence-electron chi connectivity index (χ3n) is 4.76. The fourth-order valence-electron chi connectivity index (χ4n) is 3.25. The summed E-state index contributed by atoms with van der Waals surface area (Å²) in [5, 5.41) is 8.44. The Bertz CT molecular complexity index is 1060. The number of thiophene rings is 1. The predicted molar refractivity (Wildman–Crippen MR) is 107 cm³/mol. The van der Waals surface area contributed by atoms with E-state index in [9.17, 15) is 13.2 Å². The lowest BCUT2D eigenvalue weighted by Gasteiger charge is -2.30. The molecule has 0 bridgehead atoms. The topological polar surface area (TPSA) is 105 Å². The van der Waals surface area contributed by atoms with E-state index < -0.39 is 15.9 Å². The average molecular weight is 433 g/mol. The van der Waals surface area contributed by atoms with Gasteiger partial charge >= 0.3 is 0 Å². The van der Waals surface area contributed by atoms with Crippen molar-refractivity contribution in [2.75, 3.05) is 13.1 Å². The molecule has 0 saturated carbocycles. The number of piperidine rings is 1. The van der Waals surface area contributed by atoms with Gasteiger partial charge in [0.15, 0.2) is 0 Å². The Morgan fingerprint density at radius 1 is 1.24 bits per heavy atom. The van der Waals surface area contributed by atoms with Crippen LogP contribution in [0, 0.1) is 5.92 Å². The standard InChI is InChI=1S/C19H20N4O4S2/c24-19(20-12-16-21-18(22-27-16)14-6-2-1-3-7-14)15-8-4-10-23(13-15)29(25,26)17-9-5-11-28-17/h1-3,5-7,9,11,15H,4,8,10,12-13H2,(H,20,24)/t15-/m1/s1. The van der Waals surface area contributed by atoms with Crippen LogP contribution >= 0.6 is 11.3 Å². The molecule has 10 heteroatoms. The number of benzene rings is 1. The van der Waals surface area contributed by atoms with Crippen LogP contribution in [0.4, 0.5) is 0 Å². The first-order chi connectivity index (χ1) is 14.0. The van der Waals surface area contributed by atoms with Gasteiger partial charge in [-0.3, -0.25) is 4.79 Å². The van der Waals surface area contributed by atoms with Crippen LogP contribution in [0.5, 0.6) is 0 Å². The minimum absolute atomic E-state index is 0.104. The van der Waals surface area contributed by atoms with Crippen molar-refractivity contribution in [1.29, 1.82) is 0 Å². The number of carbonyl (C=O) groups excluding carboxylic acids is 1. The molecule has 1 saturated heterocycles. The van der Waals surface area contributed by atoms with E-state index in [1.165, 1.54) is 15.6 Å². The molecule has 0 spiro atoms. The molecule has 0 radical (unpaired) electrons. The van der Waals surface area contributed by atoms with Gasteiger partial charge in [0.2, 0.25) is 17.6 Å². The molecule has 4 rings (SSSR count). The first kappa shape index (κ1) is 19.7. The summed E-state index contributed by atoms with van der Waals surface area (Å²) in [6.45, 7) is 0.701. The SMILES string of the molecule is O=C(NCc1nc(-c2ccccc2)no1)[C@@H]1CCCN(S(=O)(=O)c2cccs2)C1. The number of hydrogen-bond acceptors (Lipinski definition) is 7. The Kier molecular flexibility index (Phi) is 5.74. The van der Waals surface area contributed by atoms with Crippen LogP contribution in [0.2, 0.25) is 0 Å². The summed E-state index contributed by atoms with van der Waals surface area (Å²) < 4.78 is 32.3. The van der Waals surface area contributed by atoms with E-state index in [0.29, 0.717) is 35.3 Å². The van der Waals surface area contributed by atoms with Gasteiger partial charge in [-0.25, -0.2) is 8.42 Å². The molecule has 1 atom stereocenters. The first-order valence-electron chi connectivity index (χ1n) is 9.23. The Balaban J connectivity index is 1.36. The van der Waals surface area contributed by atoms with Crippen molar-refractivity contribution in [1.82, 2.24) is 19.8 Å². The monoisotopic (exact) mass is 432 g/mol. The summed E-state index contributed by atoms with van der Waals surface area (Å²) >= 11 is 1.18. The summed E-state index contributed by atoms with van der Waals surface area (Å²) in [5.74, 6) is 0.141. The van der Waals surface area contributed by atoms with Crippen LogP contribution in [-0.2, 0) is 21.4 Å². The molecule has 8 nitrogen and oxygen atoms in total. The van der Waals surface area contributed by atoms with Gasteiger partial charge in [-0.1, -0.05) is 41.6 Å². The summed E-state index contributed by atoms with van der Waals surface area (Å²) in [4.78, 5) is 16.9. The van der Waals surface area contributed by atoms with Crippen LogP contribution < -0.4 is 5.32 Å². The molecule has 1 aromatic carbocycles. The van der Waals surface area contributed by atoms with Crippen LogP contribution in [0.1, 0.15) is 18.7 Å². The minimum Gasteiger partial charge on any atom is -0.347 e. The number of carbonyl (C=O) groups is 1. The van der Waals surface area contributed by atoms with Crippen LogP contribution in [0.3, 0.4) is 0 Å². The van der Waals surface area contributed by atoms with Crippen molar-refractivity contribution < 1.29 is 17.7 Å². The molecule has 29 heavy (non-hydrogen) atoms. The number of sulfonamides is 1. The number of amides is 1. The highest BCUT2D eigenvalue weighted by Gasteiger charge is 2.33. The Morgan fingerprint density at radius 3 is 2.83 bits per heavy atom. The number of rotatable bonds is 6. The zero-order chi connectivity index (χ0) is 20.3. The molecule has 152 valence electrons. The lowest BCUT2D eigenvalue weighted by Crippen LogP contribution is -2.45. The smallest absolute Gasteiger partial charge is 0.252 e. The van der Waals surface area contributed by atoms with E-state index >= 15 is 0 Å². The highest BCUT2D eigenvalue weighted by Crippen LogP contribution is 2.26. The fraction of sp³-hybridized carbons (Fsp3) is 0.316. The summed E-state index contributed by atoms with van der Waals surface area (Å²) in [6.07, 6.45) is 1.28. The molecule has 1 N–H and O–H groups in total. The highest BCUT2D eigenvalue weighted by molar-refractivity contribution is 7.91. The molecule has 2 aromatic heterocycles. The fourth-order valence-corrected chi connectivity index (χ4v) is 5.92. The van der Waals surface area contributed by atoms with Crippen LogP contribution in [0.15, 0.2) is 56.6 Å². The zero-order valence-electron chi connectivity index (χ0n) is 15.5. The summed E-state index contributed by atoms with van der Waals surface area (Å²) in [5.41, 5.74) is 0.829. The quantitative estimate of drug-likeness (QED) is 0.642. The normalized spacial score (nSPS) is 17.9. The van der Waals surface area contributed by atoms with E-state index in [1.54, 1.807) is 17.5 Å². The maximum absolute atomic E-state index is 12.7. The van der Waals surface area contributed by atoms with Crippen molar-refractivity contribution in [3.05, 3.63) is 53.7 Å². The van der Waals surface area contributed by atoms with Gasteiger partial charge in [-0.05, 0) is 24.3 Å². The summed E-state index contributed by atoms with van der Waals surface area (Å²) in [6, 6.07) is 12.7. The lowest BCUT2D eigenvalue weighted by molar-refractivity contribution is -0.126. The molecule has 3 aromatic rings. The van der Waals surface area contributed by atoms with Gasteiger partial charge in [0, 0.05) is 18.7 Å². The van der Waals surface area contributed by atoms with Gasteiger partial charge in [0.1, 0.15) is 4.21 Å². The second-order valence-corrected chi connectivity index (χ2v) is 9.84. The second kappa shape index (κ2) is 8.44. The van der Waals surface area contributed by atoms with Crippen molar-refractivity contribution in [2.45, 2.75) is 23.6 Å². The van der Waals surface area contributed by atoms with Gasteiger partial charge in [0.25, 0.3) is 10.0 Å². The van der Waals surface area contributed by atoms with Gasteiger partial charge in [0.05, 0.1) is 12.5 Å². The van der Waals surface area contributed by atoms with E-state index in [-0.39, 0.29) is 19.0 Å². The van der Waals surface area contributed by atoms with Crippen molar-refractivity contribution in [3.63, 3.8) is 0 Å². The molecule has 1 aliphatic heterocycles. The van der Waals surface area contributed by atoms with Crippen molar-refractivity contribution in [3.8, 4) is 11.4 Å². The number of hydrogen-bond donors (Lipinski definition) is 1. The third-order valence-corrected chi connectivity index (χ3v) is 8.00. The van der Waals surface area contributed by atoms with Crippen molar-refractivity contribution >= 4 is 27.3 Å². The van der Waals surface area contributed by atoms with E-state index in [2.05, 4.69) is 15.5 Å². The molecule has 3 heterocycles. The minimum atomic E-state index is -3.55. The number of nitrogens with zero attached hydrogens (tertiary/aromatic N) is 3. The highest BCUT2D eigenvalue weighted by atomic mass is 32.2. The van der Waals surface area contributed by atoms with E-state index in [4.69, 9.17) is 4.52 Å². The maximum atomic E-state index is 12.7. The maximum Gasteiger partial charge on any atom is 0.252 e. The van der Waals surface area contributed by atoms with Crippen molar-refractivity contribution in [2.24, 2.45) is 5.92 Å². The molecule has 0 aliphatic carbocycles. The Morgan fingerprint density at radius 2 is 2.07 bits per heavy atom. The van der Waals surface area contributed by atoms with Crippen LogP contribution in [-0.4, -0.2) is 41.9 Å². The molecular formula is C19H20N4O4S2. The molecule has 0 unspecified atom stereocenters. The van der Waals surface area contributed by atoms with E-state index in [1.807, 2.05) is 30.3 Å².